The lowest BCUT2D eigenvalue weighted by molar-refractivity contribution is -0.120. The average molecular weight is 211 g/mol. The molecule has 86 valence electrons. The van der Waals surface area contributed by atoms with E-state index < -0.39 is 0 Å². The van der Waals surface area contributed by atoms with Crippen LogP contribution in [0.25, 0.3) is 0 Å². The SMILES string of the molecule is NCC(=O)NCC1CCN(C2CC2)CC1. The van der Waals surface area contributed by atoms with E-state index in [-0.39, 0.29) is 12.5 Å². The minimum absolute atomic E-state index is 0.0281. The zero-order valence-corrected chi connectivity index (χ0v) is 9.24. The van der Waals surface area contributed by atoms with Crippen LogP contribution >= 0.6 is 0 Å². The van der Waals surface area contributed by atoms with Crippen LogP contribution < -0.4 is 11.1 Å². The summed E-state index contributed by atoms with van der Waals surface area (Å²) in [5.74, 6) is 0.634. The zero-order chi connectivity index (χ0) is 10.7. The first-order chi connectivity index (χ1) is 7.29. The highest BCUT2D eigenvalue weighted by Crippen LogP contribution is 2.30. The summed E-state index contributed by atoms with van der Waals surface area (Å²) in [5.41, 5.74) is 5.24. The Balaban J connectivity index is 1.62. The molecular weight excluding hydrogens is 190 g/mol. The highest BCUT2D eigenvalue weighted by molar-refractivity contribution is 5.77. The third-order valence-corrected chi connectivity index (χ3v) is 3.49. The van der Waals surface area contributed by atoms with Crippen molar-refractivity contribution in [3.63, 3.8) is 0 Å². The summed E-state index contributed by atoms with van der Waals surface area (Å²) >= 11 is 0. The van der Waals surface area contributed by atoms with E-state index in [2.05, 4.69) is 10.2 Å². The summed E-state index contributed by atoms with van der Waals surface area (Å²) in [6.07, 6.45) is 5.24. The molecule has 0 aromatic carbocycles. The van der Waals surface area contributed by atoms with Crippen molar-refractivity contribution in [2.45, 2.75) is 31.7 Å². The first kappa shape index (κ1) is 10.9. The van der Waals surface area contributed by atoms with E-state index in [4.69, 9.17) is 5.73 Å². The van der Waals surface area contributed by atoms with Crippen LogP contribution in [0.2, 0.25) is 0 Å². The van der Waals surface area contributed by atoms with Gasteiger partial charge in [0.05, 0.1) is 6.54 Å². The zero-order valence-electron chi connectivity index (χ0n) is 9.24. The molecule has 1 amide bonds. The summed E-state index contributed by atoms with van der Waals surface area (Å²) in [6, 6.07) is 0.893. The number of piperidine rings is 1. The molecule has 0 radical (unpaired) electrons. The molecule has 0 unspecified atom stereocenters. The monoisotopic (exact) mass is 211 g/mol. The second kappa shape index (κ2) is 4.94. The number of carbonyl (C=O) groups excluding carboxylic acids is 1. The van der Waals surface area contributed by atoms with Gasteiger partial charge in [-0.15, -0.1) is 0 Å². The predicted molar refractivity (Wildman–Crippen MR) is 59.4 cm³/mol. The van der Waals surface area contributed by atoms with Crippen molar-refractivity contribution in [3.8, 4) is 0 Å². The van der Waals surface area contributed by atoms with Crippen molar-refractivity contribution in [2.24, 2.45) is 11.7 Å². The van der Waals surface area contributed by atoms with Crippen molar-refractivity contribution in [1.82, 2.24) is 10.2 Å². The second-order valence-corrected chi connectivity index (χ2v) is 4.72. The molecule has 3 N–H and O–H groups in total. The fourth-order valence-electron chi connectivity index (χ4n) is 2.29. The fourth-order valence-corrected chi connectivity index (χ4v) is 2.29. The Morgan fingerprint density at radius 2 is 1.93 bits per heavy atom. The lowest BCUT2D eigenvalue weighted by Gasteiger charge is -2.31. The van der Waals surface area contributed by atoms with Crippen molar-refractivity contribution >= 4 is 5.91 Å². The summed E-state index contributed by atoms with van der Waals surface area (Å²) in [4.78, 5) is 13.6. The molecule has 0 aromatic heterocycles. The normalized spacial score (nSPS) is 24.1. The average Bonchev–Trinajstić information content (AvgIpc) is 3.10. The van der Waals surface area contributed by atoms with Crippen LogP contribution in [0, 0.1) is 5.92 Å². The quantitative estimate of drug-likeness (QED) is 0.684. The van der Waals surface area contributed by atoms with E-state index in [0.717, 1.165) is 12.6 Å². The van der Waals surface area contributed by atoms with Gasteiger partial charge in [-0.05, 0) is 44.7 Å². The maximum absolute atomic E-state index is 11.0. The van der Waals surface area contributed by atoms with Gasteiger partial charge in [-0.25, -0.2) is 0 Å². The second-order valence-electron chi connectivity index (χ2n) is 4.72. The summed E-state index contributed by atoms with van der Waals surface area (Å²) in [7, 11) is 0. The Labute approximate surface area is 91.2 Å². The Hall–Kier alpha value is -0.610. The van der Waals surface area contributed by atoms with E-state index >= 15 is 0 Å². The van der Waals surface area contributed by atoms with Gasteiger partial charge in [0.1, 0.15) is 0 Å². The van der Waals surface area contributed by atoms with Gasteiger partial charge in [-0.1, -0.05) is 0 Å². The lowest BCUT2D eigenvalue weighted by atomic mass is 9.96. The molecule has 2 rings (SSSR count). The van der Waals surface area contributed by atoms with Crippen molar-refractivity contribution in [2.75, 3.05) is 26.2 Å². The van der Waals surface area contributed by atoms with Crippen LogP contribution in [-0.2, 0) is 4.79 Å². The first-order valence-electron chi connectivity index (χ1n) is 6.00. The molecule has 1 aliphatic carbocycles. The molecule has 1 saturated carbocycles. The number of hydrogen-bond acceptors (Lipinski definition) is 3. The molecule has 15 heavy (non-hydrogen) atoms. The Morgan fingerprint density at radius 1 is 1.27 bits per heavy atom. The summed E-state index contributed by atoms with van der Waals surface area (Å²) in [5, 5.41) is 2.88. The van der Waals surface area contributed by atoms with E-state index in [9.17, 15) is 4.79 Å². The van der Waals surface area contributed by atoms with Gasteiger partial charge < -0.3 is 16.0 Å². The number of rotatable bonds is 4. The topological polar surface area (TPSA) is 58.4 Å². The maximum atomic E-state index is 11.0. The summed E-state index contributed by atoms with van der Waals surface area (Å²) < 4.78 is 0. The highest BCUT2D eigenvalue weighted by atomic mass is 16.1. The van der Waals surface area contributed by atoms with E-state index in [0.29, 0.717) is 5.92 Å². The molecule has 4 nitrogen and oxygen atoms in total. The van der Waals surface area contributed by atoms with Crippen LogP contribution in [0.1, 0.15) is 25.7 Å². The molecule has 2 fully saturated rings. The molecule has 0 bridgehead atoms. The van der Waals surface area contributed by atoms with Gasteiger partial charge in [-0.2, -0.15) is 0 Å². The maximum Gasteiger partial charge on any atom is 0.233 e. The van der Waals surface area contributed by atoms with Crippen molar-refractivity contribution in [3.05, 3.63) is 0 Å². The minimum atomic E-state index is -0.0281. The molecule has 1 saturated heterocycles. The van der Waals surface area contributed by atoms with Gasteiger partial charge in [-0.3, -0.25) is 4.79 Å². The Kier molecular flexibility index (Phi) is 3.59. The molecule has 2 aliphatic rings. The Morgan fingerprint density at radius 3 is 2.47 bits per heavy atom. The molecule has 1 heterocycles. The lowest BCUT2D eigenvalue weighted by Crippen LogP contribution is -2.40. The van der Waals surface area contributed by atoms with Crippen LogP contribution in [0.15, 0.2) is 0 Å². The van der Waals surface area contributed by atoms with Crippen molar-refractivity contribution < 1.29 is 4.79 Å². The number of nitrogens with one attached hydrogen (secondary N) is 1. The number of likely N-dealkylation sites (tertiary alicyclic amines) is 1. The van der Waals surface area contributed by atoms with Gasteiger partial charge in [0, 0.05) is 12.6 Å². The molecule has 1 aliphatic heterocycles. The number of nitrogens with two attached hydrogens (primary N) is 1. The van der Waals surface area contributed by atoms with E-state index in [1.54, 1.807) is 0 Å². The highest BCUT2D eigenvalue weighted by Gasteiger charge is 2.31. The molecule has 0 atom stereocenters. The van der Waals surface area contributed by atoms with Gasteiger partial charge in [0.15, 0.2) is 0 Å². The van der Waals surface area contributed by atoms with Crippen LogP contribution in [-0.4, -0.2) is 43.0 Å². The molecule has 0 spiro atoms. The first-order valence-corrected chi connectivity index (χ1v) is 6.00. The smallest absolute Gasteiger partial charge is 0.233 e. The standard InChI is InChI=1S/C11H21N3O/c12-7-11(15)13-8-9-3-5-14(6-4-9)10-1-2-10/h9-10H,1-8,12H2,(H,13,15). The van der Waals surface area contributed by atoms with E-state index in [1.165, 1.54) is 38.8 Å². The number of nitrogens with zero attached hydrogens (tertiary/aromatic N) is 1. The molecule has 4 heteroatoms. The molecule has 0 aromatic rings. The molecular formula is C11H21N3O. The third-order valence-electron chi connectivity index (χ3n) is 3.49. The largest absolute Gasteiger partial charge is 0.355 e. The minimum Gasteiger partial charge on any atom is -0.355 e. The number of amides is 1. The van der Waals surface area contributed by atoms with E-state index in [1.807, 2.05) is 0 Å². The van der Waals surface area contributed by atoms with Gasteiger partial charge in [0.2, 0.25) is 5.91 Å². The van der Waals surface area contributed by atoms with Crippen LogP contribution in [0.3, 0.4) is 0 Å². The Bertz CT molecular complexity index is 220. The number of hydrogen-bond donors (Lipinski definition) is 2. The summed E-state index contributed by atoms with van der Waals surface area (Å²) in [6.45, 7) is 3.36. The fraction of sp³-hybridized carbons (Fsp3) is 0.909. The van der Waals surface area contributed by atoms with Crippen LogP contribution in [0.5, 0.6) is 0 Å². The van der Waals surface area contributed by atoms with Crippen LogP contribution in [0.4, 0.5) is 0 Å². The van der Waals surface area contributed by atoms with Gasteiger partial charge >= 0.3 is 0 Å². The van der Waals surface area contributed by atoms with Gasteiger partial charge in [0.25, 0.3) is 0 Å². The van der Waals surface area contributed by atoms with Crippen molar-refractivity contribution in [1.29, 1.82) is 0 Å². The predicted octanol–water partition coefficient (Wildman–Crippen LogP) is -0.0643. The number of carbonyl (C=O) groups is 1. The third kappa shape index (κ3) is 3.18.